The number of hydrogen-bond donors (Lipinski definition) is 1. The molecule has 3 nitrogen and oxygen atoms in total. The number of nitrogens with one attached hydrogen (secondary N) is 1. The van der Waals surface area contributed by atoms with Gasteiger partial charge in [-0.15, -0.1) is 0 Å². The van der Waals surface area contributed by atoms with Gasteiger partial charge in [-0.3, -0.25) is 4.79 Å². The number of ether oxygens (including phenoxy) is 1. The van der Waals surface area contributed by atoms with Crippen molar-refractivity contribution in [2.75, 3.05) is 13.7 Å². The number of halogens is 1. The van der Waals surface area contributed by atoms with Gasteiger partial charge < -0.3 is 10.1 Å². The maximum atomic E-state index is 13.0. The molecule has 0 saturated carbocycles. The molecule has 1 rings (SSSR count). The van der Waals surface area contributed by atoms with Crippen LogP contribution in [0.5, 0.6) is 5.75 Å². The zero-order valence-electron chi connectivity index (χ0n) is 8.13. The predicted molar refractivity (Wildman–Crippen MR) is 51.0 cm³/mol. The van der Waals surface area contributed by atoms with Gasteiger partial charge in [-0.05, 0) is 19.1 Å². The van der Waals surface area contributed by atoms with Gasteiger partial charge in [0.25, 0.3) is 5.91 Å². The van der Waals surface area contributed by atoms with Crippen molar-refractivity contribution in [1.29, 1.82) is 0 Å². The van der Waals surface area contributed by atoms with Crippen LogP contribution in [0.3, 0.4) is 0 Å². The van der Waals surface area contributed by atoms with Gasteiger partial charge in [-0.25, -0.2) is 4.39 Å². The second-order valence-electron chi connectivity index (χ2n) is 2.69. The number of carbonyl (C=O) groups is 1. The van der Waals surface area contributed by atoms with Crippen molar-refractivity contribution in [2.24, 2.45) is 0 Å². The summed E-state index contributed by atoms with van der Waals surface area (Å²) in [6.07, 6.45) is 0. The van der Waals surface area contributed by atoms with Crippen LogP contribution in [0.2, 0.25) is 0 Å². The molecule has 1 aromatic rings. The first-order valence-corrected chi connectivity index (χ1v) is 4.33. The standard InChI is InChI=1S/C10H12FNO2/c1-3-14-9-5-7(10(13)12-2)4-8(11)6-9/h4-6H,3H2,1-2H3,(H,12,13). The van der Waals surface area contributed by atoms with Gasteiger partial charge in [0, 0.05) is 18.7 Å². The molecule has 1 aromatic carbocycles. The molecule has 0 bridgehead atoms. The van der Waals surface area contributed by atoms with E-state index in [9.17, 15) is 9.18 Å². The lowest BCUT2D eigenvalue weighted by Gasteiger charge is -2.05. The molecule has 0 heterocycles. The summed E-state index contributed by atoms with van der Waals surface area (Å²) in [5.41, 5.74) is 0.260. The van der Waals surface area contributed by atoms with Crippen molar-refractivity contribution in [3.05, 3.63) is 29.6 Å². The van der Waals surface area contributed by atoms with Crippen LogP contribution in [0, 0.1) is 5.82 Å². The molecule has 14 heavy (non-hydrogen) atoms. The van der Waals surface area contributed by atoms with Gasteiger partial charge in [-0.1, -0.05) is 0 Å². The normalized spacial score (nSPS) is 9.64. The number of benzene rings is 1. The van der Waals surface area contributed by atoms with Crippen LogP contribution in [0.15, 0.2) is 18.2 Å². The minimum Gasteiger partial charge on any atom is -0.494 e. The van der Waals surface area contributed by atoms with Crippen molar-refractivity contribution >= 4 is 5.91 Å². The van der Waals surface area contributed by atoms with Gasteiger partial charge in [0.05, 0.1) is 6.61 Å². The smallest absolute Gasteiger partial charge is 0.251 e. The number of hydrogen-bond acceptors (Lipinski definition) is 2. The van der Waals surface area contributed by atoms with E-state index >= 15 is 0 Å². The molecule has 0 aromatic heterocycles. The highest BCUT2D eigenvalue weighted by atomic mass is 19.1. The molecule has 1 amide bonds. The zero-order chi connectivity index (χ0) is 10.6. The first kappa shape index (κ1) is 10.5. The quantitative estimate of drug-likeness (QED) is 0.799. The highest BCUT2D eigenvalue weighted by molar-refractivity contribution is 5.94. The van der Waals surface area contributed by atoms with E-state index in [-0.39, 0.29) is 11.5 Å². The van der Waals surface area contributed by atoms with Crippen molar-refractivity contribution < 1.29 is 13.9 Å². The molecule has 76 valence electrons. The fourth-order valence-electron chi connectivity index (χ4n) is 1.09. The van der Waals surface area contributed by atoms with E-state index in [1.165, 1.54) is 25.2 Å². The van der Waals surface area contributed by atoms with Crippen molar-refractivity contribution in [3.63, 3.8) is 0 Å². The Morgan fingerprint density at radius 2 is 2.21 bits per heavy atom. The Morgan fingerprint density at radius 3 is 2.79 bits per heavy atom. The molecular formula is C10H12FNO2. The Hall–Kier alpha value is -1.58. The molecule has 0 aliphatic rings. The van der Waals surface area contributed by atoms with Crippen LogP contribution < -0.4 is 10.1 Å². The maximum Gasteiger partial charge on any atom is 0.251 e. The SMILES string of the molecule is CCOc1cc(F)cc(C(=O)NC)c1. The minimum atomic E-state index is -0.477. The predicted octanol–water partition coefficient (Wildman–Crippen LogP) is 1.58. The van der Waals surface area contributed by atoms with E-state index < -0.39 is 5.82 Å². The lowest BCUT2D eigenvalue weighted by Crippen LogP contribution is -2.18. The van der Waals surface area contributed by atoms with Crippen LogP contribution in [0.4, 0.5) is 4.39 Å². The number of amides is 1. The van der Waals surface area contributed by atoms with Gasteiger partial charge in [-0.2, -0.15) is 0 Å². The average molecular weight is 197 g/mol. The largest absolute Gasteiger partial charge is 0.494 e. The summed E-state index contributed by atoms with van der Waals surface area (Å²) in [6, 6.07) is 3.92. The first-order valence-electron chi connectivity index (χ1n) is 4.33. The minimum absolute atomic E-state index is 0.260. The van der Waals surface area contributed by atoms with E-state index in [2.05, 4.69) is 5.32 Å². The molecule has 0 fully saturated rings. The summed E-state index contributed by atoms with van der Waals surface area (Å²) in [5, 5.41) is 2.42. The third-order valence-electron chi connectivity index (χ3n) is 1.67. The van der Waals surface area contributed by atoms with E-state index in [1.54, 1.807) is 6.92 Å². The van der Waals surface area contributed by atoms with Gasteiger partial charge in [0.1, 0.15) is 11.6 Å². The monoisotopic (exact) mass is 197 g/mol. The summed E-state index contributed by atoms with van der Waals surface area (Å²) in [6.45, 7) is 2.24. The van der Waals surface area contributed by atoms with Crippen LogP contribution >= 0.6 is 0 Å². The molecule has 0 aliphatic heterocycles. The summed E-state index contributed by atoms with van der Waals surface area (Å²) in [5.74, 6) is -0.439. The van der Waals surface area contributed by atoms with Gasteiger partial charge >= 0.3 is 0 Å². The van der Waals surface area contributed by atoms with Crippen LogP contribution in [-0.2, 0) is 0 Å². The third-order valence-corrected chi connectivity index (χ3v) is 1.67. The fraction of sp³-hybridized carbons (Fsp3) is 0.300. The third kappa shape index (κ3) is 2.45. The van der Waals surface area contributed by atoms with E-state index in [4.69, 9.17) is 4.74 Å². The second-order valence-corrected chi connectivity index (χ2v) is 2.69. The Kier molecular flexibility index (Phi) is 3.45. The molecule has 0 saturated heterocycles. The average Bonchev–Trinajstić information content (AvgIpc) is 2.16. The highest BCUT2D eigenvalue weighted by Gasteiger charge is 2.07. The van der Waals surface area contributed by atoms with Crippen molar-refractivity contribution in [1.82, 2.24) is 5.32 Å². The van der Waals surface area contributed by atoms with Crippen LogP contribution in [-0.4, -0.2) is 19.6 Å². The number of rotatable bonds is 3. The summed E-state index contributed by atoms with van der Waals surface area (Å²) < 4.78 is 18.1. The highest BCUT2D eigenvalue weighted by Crippen LogP contribution is 2.16. The Bertz CT molecular complexity index is 339. The van der Waals surface area contributed by atoms with Gasteiger partial charge in [0.15, 0.2) is 0 Å². The Balaban J connectivity index is 3.00. The van der Waals surface area contributed by atoms with E-state index in [0.29, 0.717) is 12.4 Å². The molecule has 0 spiro atoms. The number of carbonyl (C=O) groups excluding carboxylic acids is 1. The fourth-order valence-corrected chi connectivity index (χ4v) is 1.09. The van der Waals surface area contributed by atoms with Crippen molar-refractivity contribution in [2.45, 2.75) is 6.92 Å². The lowest BCUT2D eigenvalue weighted by atomic mass is 10.2. The first-order chi connectivity index (χ1) is 6.67. The second kappa shape index (κ2) is 4.60. The summed E-state index contributed by atoms with van der Waals surface area (Å²) in [7, 11) is 1.49. The zero-order valence-corrected chi connectivity index (χ0v) is 8.13. The van der Waals surface area contributed by atoms with Crippen molar-refractivity contribution in [3.8, 4) is 5.75 Å². The van der Waals surface area contributed by atoms with E-state index in [0.717, 1.165) is 0 Å². The van der Waals surface area contributed by atoms with Gasteiger partial charge in [0.2, 0.25) is 0 Å². The maximum absolute atomic E-state index is 13.0. The summed E-state index contributed by atoms with van der Waals surface area (Å²) >= 11 is 0. The van der Waals surface area contributed by atoms with Crippen LogP contribution in [0.25, 0.3) is 0 Å². The summed E-state index contributed by atoms with van der Waals surface area (Å²) in [4.78, 5) is 11.2. The lowest BCUT2D eigenvalue weighted by molar-refractivity contribution is 0.0962. The molecule has 0 aliphatic carbocycles. The molecule has 0 radical (unpaired) electrons. The molecule has 1 N–H and O–H groups in total. The molecule has 0 atom stereocenters. The molecule has 0 unspecified atom stereocenters. The topological polar surface area (TPSA) is 38.3 Å². The van der Waals surface area contributed by atoms with Crippen LogP contribution in [0.1, 0.15) is 17.3 Å². The Morgan fingerprint density at radius 1 is 1.50 bits per heavy atom. The Labute approximate surface area is 81.9 Å². The van der Waals surface area contributed by atoms with E-state index in [1.807, 2.05) is 0 Å². The molecule has 4 heteroatoms. The molecular weight excluding hydrogens is 185 g/mol.